The van der Waals surface area contributed by atoms with E-state index in [-0.39, 0.29) is 11.6 Å². The third-order valence-corrected chi connectivity index (χ3v) is 8.31. The number of aliphatic imine (C=N–C) groups is 1. The van der Waals surface area contributed by atoms with Crippen LogP contribution in [0, 0.1) is 10.1 Å². The highest BCUT2D eigenvalue weighted by Gasteiger charge is 2.36. The number of amides is 1. The minimum Gasteiger partial charge on any atom is -0.325 e. The molecule has 3 aliphatic rings. The summed E-state index contributed by atoms with van der Waals surface area (Å²) in [6, 6.07) is 21.0. The molecule has 6 rings (SSSR count). The number of benzene rings is 3. The number of nitrogens with zero attached hydrogens (tertiary/aromatic N) is 4. The Morgan fingerprint density at radius 3 is 2.20 bits per heavy atom. The van der Waals surface area contributed by atoms with Crippen LogP contribution in [0.1, 0.15) is 53.9 Å². The molecule has 1 amide bonds. The van der Waals surface area contributed by atoms with Crippen LogP contribution in [0.15, 0.2) is 71.7 Å². The van der Waals surface area contributed by atoms with Crippen molar-refractivity contribution in [1.29, 1.82) is 0 Å². The molecule has 2 saturated heterocycles. The Hall–Kier alpha value is -3.88. The maximum atomic E-state index is 13.3. The molecule has 8 nitrogen and oxygen atoms in total. The van der Waals surface area contributed by atoms with E-state index in [1.165, 1.54) is 62.0 Å². The lowest BCUT2D eigenvalue weighted by atomic mass is 9.90. The largest absolute Gasteiger partial charge is 0.325 e. The van der Waals surface area contributed by atoms with Gasteiger partial charge in [0.1, 0.15) is 5.92 Å². The van der Waals surface area contributed by atoms with Gasteiger partial charge < -0.3 is 10.2 Å². The lowest BCUT2D eigenvalue weighted by Crippen LogP contribution is -2.22. The Balaban J connectivity index is 1.32. The zero-order valence-electron chi connectivity index (χ0n) is 22.7. The molecule has 0 saturated carbocycles. The average molecular weight is 538 g/mol. The number of nitrogens with one attached hydrogen (secondary N) is 1. The summed E-state index contributed by atoms with van der Waals surface area (Å²) in [5.74, 6) is -0.965. The van der Waals surface area contributed by atoms with Crippen molar-refractivity contribution < 1.29 is 9.72 Å². The molecule has 0 spiro atoms. The number of fused-ring (bicyclic) bond motifs is 1. The third kappa shape index (κ3) is 5.83. The van der Waals surface area contributed by atoms with Crippen LogP contribution in [0.3, 0.4) is 0 Å². The minimum absolute atomic E-state index is 0.0388. The molecule has 1 N–H and O–H groups in total. The van der Waals surface area contributed by atoms with Crippen LogP contribution in [0.4, 0.5) is 17.1 Å². The summed E-state index contributed by atoms with van der Waals surface area (Å²) in [5, 5.41) is 14.4. The number of carbonyl (C=O) groups excluding carboxylic acids is 1. The Kier molecular flexibility index (Phi) is 7.71. The van der Waals surface area contributed by atoms with Crippen LogP contribution in [0.2, 0.25) is 0 Å². The fourth-order valence-corrected chi connectivity index (χ4v) is 6.08. The lowest BCUT2D eigenvalue weighted by Gasteiger charge is -2.16. The van der Waals surface area contributed by atoms with Crippen LogP contribution in [0.25, 0.3) is 0 Å². The molecule has 8 heteroatoms. The number of rotatable bonds is 9. The number of non-ortho nitro benzene ring substituents is 1. The second kappa shape index (κ2) is 11.7. The van der Waals surface area contributed by atoms with E-state index in [2.05, 4.69) is 39.4 Å². The van der Waals surface area contributed by atoms with E-state index < -0.39 is 10.8 Å². The summed E-state index contributed by atoms with van der Waals surface area (Å²) in [5.41, 5.74) is 5.81. The highest BCUT2D eigenvalue weighted by Crippen LogP contribution is 2.38. The molecular weight excluding hydrogens is 502 g/mol. The van der Waals surface area contributed by atoms with Crippen molar-refractivity contribution in [2.75, 3.05) is 38.0 Å². The van der Waals surface area contributed by atoms with Crippen molar-refractivity contribution in [2.24, 2.45) is 4.99 Å². The molecule has 3 heterocycles. The normalized spacial score (nSPS) is 19.6. The van der Waals surface area contributed by atoms with Crippen molar-refractivity contribution in [2.45, 2.75) is 44.6 Å². The number of nitro groups is 1. The minimum atomic E-state index is -0.741. The molecule has 2 fully saturated rings. The molecule has 3 aliphatic heterocycles. The molecule has 1 unspecified atom stereocenters. The Bertz CT molecular complexity index is 1410. The maximum Gasteiger partial charge on any atom is 0.269 e. The van der Waals surface area contributed by atoms with E-state index in [0.717, 1.165) is 43.9 Å². The summed E-state index contributed by atoms with van der Waals surface area (Å²) in [6.07, 6.45) is 6.05. The first-order chi connectivity index (χ1) is 19.5. The Labute approximate surface area is 234 Å². The second-order valence-corrected chi connectivity index (χ2v) is 11.1. The van der Waals surface area contributed by atoms with Gasteiger partial charge in [-0.15, -0.1) is 0 Å². The molecular formula is C32H35N5O3. The van der Waals surface area contributed by atoms with Crippen LogP contribution in [0.5, 0.6) is 0 Å². The highest BCUT2D eigenvalue weighted by molar-refractivity contribution is 6.24. The predicted molar refractivity (Wildman–Crippen MR) is 157 cm³/mol. The average Bonchev–Trinajstić information content (AvgIpc) is 3.73. The van der Waals surface area contributed by atoms with Crippen molar-refractivity contribution in [3.05, 3.63) is 99.1 Å². The number of hydrogen-bond acceptors (Lipinski definition) is 6. The van der Waals surface area contributed by atoms with Gasteiger partial charge in [-0.2, -0.15) is 0 Å². The highest BCUT2D eigenvalue weighted by atomic mass is 16.6. The second-order valence-electron chi connectivity index (χ2n) is 11.1. The van der Waals surface area contributed by atoms with Gasteiger partial charge in [0, 0.05) is 36.5 Å². The monoisotopic (exact) mass is 537 g/mol. The summed E-state index contributed by atoms with van der Waals surface area (Å²) in [7, 11) is 0. The van der Waals surface area contributed by atoms with Crippen LogP contribution < -0.4 is 5.32 Å². The van der Waals surface area contributed by atoms with Crippen molar-refractivity contribution in [3.63, 3.8) is 0 Å². The van der Waals surface area contributed by atoms with Gasteiger partial charge in [-0.25, -0.2) is 0 Å². The molecule has 40 heavy (non-hydrogen) atoms. The summed E-state index contributed by atoms with van der Waals surface area (Å²) < 4.78 is 0. The van der Waals surface area contributed by atoms with Crippen LogP contribution in [-0.4, -0.2) is 59.1 Å². The van der Waals surface area contributed by atoms with Gasteiger partial charge in [0.2, 0.25) is 5.91 Å². The number of hydrogen-bond donors (Lipinski definition) is 1. The molecule has 206 valence electrons. The number of carbonyl (C=O) groups is 1. The molecule has 0 aromatic heterocycles. The van der Waals surface area contributed by atoms with E-state index in [4.69, 9.17) is 4.99 Å². The van der Waals surface area contributed by atoms with Gasteiger partial charge in [0.25, 0.3) is 5.69 Å². The Morgan fingerprint density at radius 2 is 1.52 bits per heavy atom. The topological polar surface area (TPSA) is 91.1 Å². The molecule has 0 bridgehead atoms. The van der Waals surface area contributed by atoms with Crippen LogP contribution in [-0.2, 0) is 17.8 Å². The van der Waals surface area contributed by atoms with Gasteiger partial charge >= 0.3 is 0 Å². The van der Waals surface area contributed by atoms with Crippen molar-refractivity contribution >= 4 is 28.7 Å². The fraction of sp³-hybridized carbons (Fsp3) is 0.375. The van der Waals surface area contributed by atoms with Gasteiger partial charge in [-0.3, -0.25) is 24.8 Å². The van der Waals surface area contributed by atoms with Gasteiger partial charge in [-0.1, -0.05) is 36.4 Å². The van der Waals surface area contributed by atoms with Gasteiger partial charge in [-0.05, 0) is 93.2 Å². The fourth-order valence-electron chi connectivity index (χ4n) is 6.08. The van der Waals surface area contributed by atoms with E-state index in [9.17, 15) is 14.9 Å². The van der Waals surface area contributed by atoms with Gasteiger partial charge in [0.15, 0.2) is 0 Å². The standard InChI is InChI=1S/C32H35N5O3/c38-32-30(28-21-27(37(39)40)13-14-29(28)34-32)31(25-9-5-23(6-10-25)15-20-35-16-1-2-17-35)33-26-11-7-24(8-12-26)22-36-18-3-4-19-36/h5-14,21,30H,1-4,15-20,22H2,(H,34,38). The smallest absolute Gasteiger partial charge is 0.269 e. The zero-order valence-corrected chi connectivity index (χ0v) is 22.7. The molecule has 0 radical (unpaired) electrons. The van der Waals surface area contributed by atoms with Crippen molar-refractivity contribution in [3.8, 4) is 0 Å². The van der Waals surface area contributed by atoms with Crippen molar-refractivity contribution in [1.82, 2.24) is 9.80 Å². The lowest BCUT2D eigenvalue weighted by molar-refractivity contribution is -0.384. The van der Waals surface area contributed by atoms with Crippen LogP contribution >= 0.6 is 0 Å². The maximum absolute atomic E-state index is 13.3. The summed E-state index contributed by atoms with van der Waals surface area (Å²) in [6.45, 7) is 6.60. The number of anilines is 1. The molecule has 3 aromatic carbocycles. The first-order valence-corrected chi connectivity index (χ1v) is 14.3. The summed E-state index contributed by atoms with van der Waals surface area (Å²) >= 11 is 0. The van der Waals surface area contributed by atoms with E-state index in [1.54, 1.807) is 6.07 Å². The zero-order chi connectivity index (χ0) is 27.5. The van der Waals surface area contributed by atoms with Gasteiger partial charge in [0.05, 0.1) is 16.3 Å². The first-order valence-electron chi connectivity index (χ1n) is 14.3. The summed E-state index contributed by atoms with van der Waals surface area (Å²) in [4.78, 5) is 34.4. The van der Waals surface area contributed by atoms with E-state index >= 15 is 0 Å². The molecule has 3 aromatic rings. The number of nitro benzene ring substituents is 1. The third-order valence-electron chi connectivity index (χ3n) is 8.31. The van der Waals surface area contributed by atoms with E-state index in [0.29, 0.717) is 17.0 Å². The number of likely N-dealkylation sites (tertiary alicyclic amines) is 2. The first kappa shape index (κ1) is 26.3. The Morgan fingerprint density at radius 1 is 0.875 bits per heavy atom. The van der Waals surface area contributed by atoms with E-state index in [1.807, 2.05) is 24.3 Å². The molecule has 1 atom stereocenters. The SMILES string of the molecule is O=C1Nc2ccc([N+](=O)[O-])cc2C1C(=Nc1ccc(CN2CCCC2)cc1)c1ccc(CCN2CCCC2)cc1. The predicted octanol–water partition coefficient (Wildman–Crippen LogP) is 5.69. The molecule has 0 aliphatic carbocycles. The quantitative estimate of drug-likeness (QED) is 0.215.